The molecule has 1 aromatic carbocycles. The normalized spacial score (nSPS) is 17.0. The van der Waals surface area contributed by atoms with Crippen LogP contribution in [0.25, 0.3) is 0 Å². The van der Waals surface area contributed by atoms with Crippen LogP contribution in [-0.4, -0.2) is 73.0 Å². The minimum absolute atomic E-state index is 0.0395. The maximum absolute atomic E-state index is 14.8. The van der Waals surface area contributed by atoms with E-state index in [9.17, 15) is 14.0 Å². The van der Waals surface area contributed by atoms with E-state index in [0.29, 0.717) is 45.0 Å². The number of amides is 3. The van der Waals surface area contributed by atoms with Crippen LogP contribution in [0, 0.1) is 26.6 Å². The van der Waals surface area contributed by atoms with E-state index >= 15 is 0 Å². The van der Waals surface area contributed by atoms with Crippen molar-refractivity contribution in [2.24, 2.45) is 0 Å². The van der Waals surface area contributed by atoms with Gasteiger partial charge in [-0.05, 0) is 50.1 Å². The zero-order chi connectivity index (χ0) is 22.3. The third-order valence-corrected chi connectivity index (χ3v) is 6.21. The number of hydrogen-bond acceptors (Lipinski definition) is 4. The molecule has 164 valence electrons. The van der Waals surface area contributed by atoms with Crippen molar-refractivity contribution in [1.29, 1.82) is 0 Å². The Labute approximate surface area is 182 Å². The van der Waals surface area contributed by atoms with Gasteiger partial charge in [-0.25, -0.2) is 14.2 Å². The van der Waals surface area contributed by atoms with Crippen LogP contribution in [0.3, 0.4) is 0 Å². The van der Waals surface area contributed by atoms with Crippen molar-refractivity contribution < 1.29 is 14.0 Å². The molecule has 0 spiro atoms. The second-order valence-electron chi connectivity index (χ2n) is 8.33. The summed E-state index contributed by atoms with van der Waals surface area (Å²) in [5.74, 6) is 0.0308. The maximum Gasteiger partial charge on any atom is 0.324 e. The Morgan fingerprint density at radius 1 is 0.968 bits per heavy atom. The van der Waals surface area contributed by atoms with Gasteiger partial charge in [0.1, 0.15) is 11.6 Å². The van der Waals surface area contributed by atoms with Crippen LogP contribution >= 0.6 is 0 Å². The van der Waals surface area contributed by atoms with Crippen molar-refractivity contribution >= 4 is 23.4 Å². The van der Waals surface area contributed by atoms with E-state index < -0.39 is 5.82 Å². The fourth-order valence-corrected chi connectivity index (χ4v) is 4.17. The molecule has 2 aromatic rings. The second-order valence-corrected chi connectivity index (χ2v) is 8.33. The third kappa shape index (κ3) is 3.94. The highest BCUT2D eigenvalue weighted by atomic mass is 19.1. The third-order valence-electron chi connectivity index (χ3n) is 6.21. The van der Waals surface area contributed by atoms with E-state index in [4.69, 9.17) is 4.98 Å². The Bertz CT molecular complexity index is 1030. The van der Waals surface area contributed by atoms with Crippen LogP contribution in [0.15, 0.2) is 24.3 Å². The van der Waals surface area contributed by atoms with Crippen molar-refractivity contribution in [3.05, 3.63) is 52.5 Å². The Morgan fingerprint density at radius 2 is 1.68 bits per heavy atom. The summed E-state index contributed by atoms with van der Waals surface area (Å²) < 4.78 is 14.8. The van der Waals surface area contributed by atoms with Crippen molar-refractivity contribution in [3.8, 4) is 0 Å². The number of carbonyl (C=O) groups is 2. The van der Waals surface area contributed by atoms with Crippen molar-refractivity contribution in [1.82, 2.24) is 14.8 Å². The quantitative estimate of drug-likeness (QED) is 0.759. The first-order valence-electron chi connectivity index (χ1n) is 10.6. The predicted molar refractivity (Wildman–Crippen MR) is 118 cm³/mol. The minimum Gasteiger partial charge on any atom is -0.353 e. The van der Waals surface area contributed by atoms with Gasteiger partial charge in [0, 0.05) is 57.7 Å². The average molecular weight is 426 g/mol. The molecule has 0 N–H and O–H groups in total. The van der Waals surface area contributed by atoms with Gasteiger partial charge in [0.15, 0.2) is 0 Å². The van der Waals surface area contributed by atoms with Crippen LogP contribution in [0.2, 0.25) is 0 Å². The van der Waals surface area contributed by atoms with E-state index in [1.807, 2.05) is 20.8 Å². The van der Waals surface area contributed by atoms with Gasteiger partial charge in [0.05, 0.1) is 5.56 Å². The first-order valence-corrected chi connectivity index (χ1v) is 10.6. The van der Waals surface area contributed by atoms with Gasteiger partial charge in [-0.1, -0.05) is 6.07 Å². The first kappa shape index (κ1) is 21.1. The molecule has 3 heterocycles. The predicted octanol–water partition coefficient (Wildman–Crippen LogP) is 2.98. The Morgan fingerprint density at radius 3 is 2.29 bits per heavy atom. The number of carbonyl (C=O) groups excluding carboxylic acids is 2. The van der Waals surface area contributed by atoms with E-state index in [1.54, 1.807) is 22.9 Å². The number of aromatic nitrogens is 1. The van der Waals surface area contributed by atoms with Gasteiger partial charge in [-0.3, -0.25) is 9.69 Å². The number of anilines is 2. The van der Waals surface area contributed by atoms with E-state index in [2.05, 4.69) is 11.0 Å². The summed E-state index contributed by atoms with van der Waals surface area (Å²) in [4.78, 5) is 36.8. The number of benzene rings is 1. The number of pyridine rings is 1. The summed E-state index contributed by atoms with van der Waals surface area (Å²) in [7, 11) is 1.71. The zero-order valence-electron chi connectivity index (χ0n) is 18.5. The molecule has 0 atom stereocenters. The fraction of sp³-hybridized carbons (Fsp3) is 0.435. The lowest BCUT2D eigenvalue weighted by molar-refractivity contribution is 0.0742. The lowest BCUT2D eigenvalue weighted by atomic mass is 10.1. The molecule has 3 amide bonds. The molecule has 0 bridgehead atoms. The molecule has 0 radical (unpaired) electrons. The van der Waals surface area contributed by atoms with Gasteiger partial charge in [-0.2, -0.15) is 0 Å². The molecule has 2 saturated heterocycles. The Hall–Kier alpha value is -3.16. The van der Waals surface area contributed by atoms with Crippen LogP contribution in [-0.2, 0) is 0 Å². The summed E-state index contributed by atoms with van der Waals surface area (Å²) in [6.45, 7) is 9.51. The van der Waals surface area contributed by atoms with Crippen LogP contribution in [0.4, 0.5) is 20.7 Å². The van der Waals surface area contributed by atoms with Crippen molar-refractivity contribution in [2.45, 2.75) is 20.8 Å². The van der Waals surface area contributed by atoms with Crippen LogP contribution < -0.4 is 9.80 Å². The number of piperazine rings is 1. The Kier molecular flexibility index (Phi) is 5.56. The maximum atomic E-state index is 14.8. The number of likely N-dealkylation sites (N-methyl/N-ethyl adjacent to an activating group) is 1. The monoisotopic (exact) mass is 425 g/mol. The highest BCUT2D eigenvalue weighted by Crippen LogP contribution is 2.25. The van der Waals surface area contributed by atoms with Gasteiger partial charge < -0.3 is 14.7 Å². The molecule has 1 aromatic heterocycles. The summed E-state index contributed by atoms with van der Waals surface area (Å²) in [6.07, 6.45) is 0. The molecule has 7 nitrogen and oxygen atoms in total. The number of urea groups is 1. The highest BCUT2D eigenvalue weighted by molar-refractivity contribution is 5.97. The fourth-order valence-electron chi connectivity index (χ4n) is 4.17. The van der Waals surface area contributed by atoms with Crippen LogP contribution in [0.5, 0.6) is 0 Å². The molecular weight excluding hydrogens is 397 g/mol. The van der Waals surface area contributed by atoms with Crippen molar-refractivity contribution in [2.75, 3.05) is 56.1 Å². The largest absolute Gasteiger partial charge is 0.353 e. The number of nitrogens with zero attached hydrogens (tertiary/aromatic N) is 5. The Balaban J connectivity index is 1.44. The topological polar surface area (TPSA) is 60.0 Å². The van der Waals surface area contributed by atoms with Gasteiger partial charge in [0.2, 0.25) is 0 Å². The minimum atomic E-state index is -0.598. The van der Waals surface area contributed by atoms with Crippen molar-refractivity contribution in [3.63, 3.8) is 0 Å². The molecular formula is C23H28FN5O2. The summed E-state index contributed by atoms with van der Waals surface area (Å²) in [5, 5.41) is 0. The molecule has 2 fully saturated rings. The zero-order valence-corrected chi connectivity index (χ0v) is 18.5. The highest BCUT2D eigenvalue weighted by Gasteiger charge is 2.29. The van der Waals surface area contributed by atoms with E-state index in [-0.39, 0.29) is 17.5 Å². The van der Waals surface area contributed by atoms with Crippen LogP contribution in [0.1, 0.15) is 27.2 Å². The van der Waals surface area contributed by atoms with Gasteiger partial charge in [0.25, 0.3) is 5.91 Å². The summed E-state index contributed by atoms with van der Waals surface area (Å²) >= 11 is 0. The smallest absolute Gasteiger partial charge is 0.324 e. The molecule has 0 unspecified atom stereocenters. The first-order chi connectivity index (χ1) is 14.8. The molecule has 2 aliphatic heterocycles. The van der Waals surface area contributed by atoms with E-state index in [1.165, 1.54) is 17.0 Å². The lowest BCUT2D eigenvalue weighted by Crippen LogP contribution is -2.49. The van der Waals surface area contributed by atoms with E-state index in [0.717, 1.165) is 22.6 Å². The lowest BCUT2D eigenvalue weighted by Gasteiger charge is -2.36. The summed E-state index contributed by atoms with van der Waals surface area (Å²) in [5.41, 5.74) is 3.80. The second kappa shape index (κ2) is 8.17. The summed E-state index contributed by atoms with van der Waals surface area (Å²) in [6, 6.07) is 6.38. The molecule has 0 aliphatic carbocycles. The number of aryl methyl sites for hydroxylation is 3. The number of rotatable bonds is 3. The SMILES string of the molecule is Cc1cc(C)c(N2CCN(C(=O)c3ccc(N4CCN(C)C4=O)cc3F)CC2)nc1C. The van der Waals surface area contributed by atoms with Gasteiger partial charge >= 0.3 is 6.03 Å². The molecule has 8 heteroatoms. The van der Waals surface area contributed by atoms with Gasteiger partial charge in [-0.15, -0.1) is 0 Å². The standard InChI is InChI=1S/C23H28FN5O2/c1-15-13-16(2)21(25-17(15)3)27-8-10-28(11-9-27)22(30)19-6-5-18(14-20(19)24)29-12-7-26(4)23(29)31/h5-6,13-14H,7-12H2,1-4H3. The number of hydrogen-bond donors (Lipinski definition) is 0. The molecule has 31 heavy (non-hydrogen) atoms. The number of halogens is 1. The molecule has 2 aliphatic rings. The average Bonchev–Trinajstić information content (AvgIpc) is 3.09. The molecule has 0 saturated carbocycles. The molecule has 4 rings (SSSR count).